The van der Waals surface area contributed by atoms with Gasteiger partial charge in [0.25, 0.3) is 0 Å². The number of phosphoric ester groups is 1. The number of aliphatic hydroxyl groups is 1. The van der Waals surface area contributed by atoms with E-state index in [0.29, 0.717) is 12.8 Å². The molecule has 16 heavy (non-hydrogen) atoms. The molecule has 8 heteroatoms. The van der Waals surface area contributed by atoms with E-state index >= 15 is 0 Å². The van der Waals surface area contributed by atoms with E-state index in [2.05, 4.69) is 4.52 Å². The van der Waals surface area contributed by atoms with Gasteiger partial charge < -0.3 is 14.7 Å². The van der Waals surface area contributed by atoms with Crippen molar-refractivity contribution in [3.05, 3.63) is 0 Å². The van der Waals surface area contributed by atoms with Gasteiger partial charge in [-0.15, -0.1) is 0 Å². The Labute approximate surface area is 95.9 Å². The standard InChI is InChI=1S/C8H18BO6P/c1-6-7(5-8(9)14-6)15-16(11,12)13-4-2-3-10/h6-8,10H,2-5,9H2,1H3,(H,11,12). The van der Waals surface area contributed by atoms with Gasteiger partial charge in [-0.05, 0) is 19.8 Å². The Kier molecular flexibility index (Phi) is 5.44. The lowest BCUT2D eigenvalue weighted by atomic mass is 9.96. The number of phosphoric acid groups is 1. The van der Waals surface area contributed by atoms with Crippen LogP contribution in [0.3, 0.4) is 0 Å². The Morgan fingerprint density at radius 2 is 2.31 bits per heavy atom. The number of hydrogen-bond donors (Lipinski definition) is 2. The van der Waals surface area contributed by atoms with E-state index < -0.39 is 13.9 Å². The van der Waals surface area contributed by atoms with Crippen LogP contribution in [0.25, 0.3) is 0 Å². The van der Waals surface area contributed by atoms with Gasteiger partial charge >= 0.3 is 7.82 Å². The molecular weight excluding hydrogens is 234 g/mol. The van der Waals surface area contributed by atoms with Crippen molar-refractivity contribution in [2.45, 2.75) is 38.0 Å². The molecule has 0 aliphatic carbocycles. The third-order valence-electron chi connectivity index (χ3n) is 2.36. The van der Waals surface area contributed by atoms with Crippen molar-refractivity contribution in [2.75, 3.05) is 13.2 Å². The molecule has 94 valence electrons. The quantitative estimate of drug-likeness (QED) is 0.381. The summed E-state index contributed by atoms with van der Waals surface area (Å²) < 4.78 is 26.6. The van der Waals surface area contributed by atoms with Gasteiger partial charge in [-0.3, -0.25) is 9.05 Å². The van der Waals surface area contributed by atoms with Gasteiger partial charge in [-0.1, -0.05) is 0 Å². The summed E-state index contributed by atoms with van der Waals surface area (Å²) in [6, 6.07) is 0.0254. The van der Waals surface area contributed by atoms with Crippen molar-refractivity contribution < 1.29 is 28.3 Å². The van der Waals surface area contributed by atoms with Crippen LogP contribution in [0.15, 0.2) is 0 Å². The Balaban J connectivity index is 2.37. The molecule has 1 aliphatic rings. The first-order valence-corrected chi connectivity index (χ1v) is 6.86. The normalized spacial score (nSPS) is 33.8. The molecule has 1 fully saturated rings. The smallest absolute Gasteiger partial charge is 0.396 e. The maximum atomic E-state index is 11.5. The largest absolute Gasteiger partial charge is 0.472 e. The van der Waals surface area contributed by atoms with Crippen LogP contribution >= 0.6 is 7.82 Å². The highest BCUT2D eigenvalue weighted by Crippen LogP contribution is 2.47. The fourth-order valence-electron chi connectivity index (χ4n) is 1.60. The number of rotatable bonds is 6. The number of ether oxygens (including phenoxy) is 1. The number of aliphatic hydroxyl groups excluding tert-OH is 1. The van der Waals surface area contributed by atoms with Gasteiger partial charge in [0.1, 0.15) is 7.85 Å². The summed E-state index contributed by atoms with van der Waals surface area (Å²) >= 11 is 0. The van der Waals surface area contributed by atoms with Crippen LogP contribution in [-0.2, 0) is 18.3 Å². The molecule has 4 unspecified atom stereocenters. The van der Waals surface area contributed by atoms with Crippen molar-refractivity contribution in [1.29, 1.82) is 0 Å². The van der Waals surface area contributed by atoms with Crippen LogP contribution in [0.5, 0.6) is 0 Å². The molecule has 1 rings (SSSR count). The Bertz CT molecular complexity index is 263. The van der Waals surface area contributed by atoms with Gasteiger partial charge in [-0.25, -0.2) is 4.57 Å². The summed E-state index contributed by atoms with van der Waals surface area (Å²) in [4.78, 5) is 9.38. The van der Waals surface area contributed by atoms with Gasteiger partial charge in [0, 0.05) is 12.6 Å². The summed E-state index contributed by atoms with van der Waals surface area (Å²) in [6.45, 7) is 1.71. The zero-order chi connectivity index (χ0) is 12.2. The third kappa shape index (κ3) is 4.53. The summed E-state index contributed by atoms with van der Waals surface area (Å²) in [6.07, 6.45) is 0.257. The number of hydrogen-bond acceptors (Lipinski definition) is 5. The Morgan fingerprint density at radius 1 is 1.62 bits per heavy atom. The molecular formula is C8H18BO6P. The molecule has 0 bridgehead atoms. The minimum atomic E-state index is -4.03. The molecule has 0 aromatic carbocycles. The van der Waals surface area contributed by atoms with Gasteiger partial charge in [0.05, 0.1) is 18.8 Å². The van der Waals surface area contributed by atoms with Crippen LogP contribution in [-0.4, -0.2) is 49.3 Å². The second-order valence-corrected chi connectivity index (χ2v) is 5.32. The predicted molar refractivity (Wildman–Crippen MR) is 59.8 cm³/mol. The summed E-state index contributed by atoms with van der Waals surface area (Å²) in [5.41, 5.74) is 0. The highest BCUT2D eigenvalue weighted by Gasteiger charge is 2.36. The van der Waals surface area contributed by atoms with E-state index in [1.807, 2.05) is 7.85 Å². The van der Waals surface area contributed by atoms with E-state index in [1.54, 1.807) is 6.92 Å². The minimum Gasteiger partial charge on any atom is -0.396 e. The minimum absolute atomic E-state index is 0.00178. The molecule has 0 aromatic heterocycles. The average molecular weight is 252 g/mol. The lowest BCUT2D eigenvalue weighted by Gasteiger charge is -2.18. The molecule has 4 atom stereocenters. The predicted octanol–water partition coefficient (Wildman–Crippen LogP) is -0.361. The van der Waals surface area contributed by atoms with Crippen LogP contribution in [0.1, 0.15) is 19.8 Å². The molecule has 2 N–H and O–H groups in total. The molecule has 1 heterocycles. The average Bonchev–Trinajstić information content (AvgIpc) is 2.44. The van der Waals surface area contributed by atoms with Crippen LogP contribution < -0.4 is 0 Å². The van der Waals surface area contributed by atoms with Crippen molar-refractivity contribution in [1.82, 2.24) is 0 Å². The molecule has 0 aromatic rings. The van der Waals surface area contributed by atoms with E-state index in [9.17, 15) is 9.46 Å². The first-order valence-electron chi connectivity index (χ1n) is 5.36. The highest BCUT2D eigenvalue weighted by atomic mass is 31.2. The first kappa shape index (κ1) is 14.2. The second-order valence-electron chi connectivity index (χ2n) is 3.91. The topological polar surface area (TPSA) is 85.2 Å². The lowest BCUT2D eigenvalue weighted by molar-refractivity contribution is 0.0342. The summed E-state index contributed by atoms with van der Waals surface area (Å²) in [5.74, 6) is 0. The Hall–Kier alpha value is 0.0949. The van der Waals surface area contributed by atoms with Crippen LogP contribution in [0, 0.1) is 0 Å². The highest BCUT2D eigenvalue weighted by molar-refractivity contribution is 7.47. The fourth-order valence-corrected chi connectivity index (χ4v) is 2.62. The van der Waals surface area contributed by atoms with Crippen molar-refractivity contribution in [3.63, 3.8) is 0 Å². The van der Waals surface area contributed by atoms with Crippen LogP contribution in [0.2, 0.25) is 0 Å². The first-order chi connectivity index (χ1) is 7.44. The van der Waals surface area contributed by atoms with Crippen molar-refractivity contribution in [3.8, 4) is 0 Å². The molecule has 0 amide bonds. The zero-order valence-electron chi connectivity index (χ0n) is 9.54. The molecule has 1 saturated heterocycles. The third-order valence-corrected chi connectivity index (χ3v) is 3.41. The van der Waals surface area contributed by atoms with Crippen LogP contribution in [0.4, 0.5) is 0 Å². The van der Waals surface area contributed by atoms with Gasteiger partial charge in [0.2, 0.25) is 0 Å². The molecule has 0 saturated carbocycles. The van der Waals surface area contributed by atoms with Crippen molar-refractivity contribution >= 4 is 15.7 Å². The van der Waals surface area contributed by atoms with E-state index in [1.165, 1.54) is 0 Å². The monoisotopic (exact) mass is 252 g/mol. The maximum absolute atomic E-state index is 11.5. The van der Waals surface area contributed by atoms with E-state index in [4.69, 9.17) is 14.4 Å². The van der Waals surface area contributed by atoms with Gasteiger partial charge in [-0.2, -0.15) is 0 Å². The maximum Gasteiger partial charge on any atom is 0.472 e. The fraction of sp³-hybridized carbons (Fsp3) is 1.00. The molecule has 0 spiro atoms. The second kappa shape index (κ2) is 6.14. The van der Waals surface area contributed by atoms with Crippen molar-refractivity contribution in [2.24, 2.45) is 0 Å². The molecule has 6 nitrogen and oxygen atoms in total. The Morgan fingerprint density at radius 3 is 2.81 bits per heavy atom. The SMILES string of the molecule is BC1CC(OP(=O)(O)OCCCO)C(C)O1. The summed E-state index contributed by atoms with van der Waals surface area (Å²) in [5, 5.41) is 8.51. The molecule has 0 radical (unpaired) electrons. The van der Waals surface area contributed by atoms with E-state index in [0.717, 1.165) is 0 Å². The summed E-state index contributed by atoms with van der Waals surface area (Å²) in [7, 11) is -2.14. The zero-order valence-corrected chi connectivity index (χ0v) is 10.4. The van der Waals surface area contributed by atoms with Gasteiger partial charge in [0.15, 0.2) is 0 Å². The van der Waals surface area contributed by atoms with E-state index in [-0.39, 0.29) is 25.3 Å². The molecule has 1 aliphatic heterocycles. The lowest BCUT2D eigenvalue weighted by Crippen LogP contribution is -2.20.